The Bertz CT molecular complexity index is 349. The largest absolute Gasteiger partial charge is 0.324 e. The van der Waals surface area contributed by atoms with Crippen molar-refractivity contribution in [2.75, 3.05) is 19.6 Å². The molecule has 0 aromatic heterocycles. The van der Waals surface area contributed by atoms with Crippen molar-refractivity contribution in [3.63, 3.8) is 0 Å². The van der Waals surface area contributed by atoms with Gasteiger partial charge in [0.25, 0.3) is 0 Å². The van der Waals surface area contributed by atoms with Gasteiger partial charge in [0.15, 0.2) is 0 Å². The van der Waals surface area contributed by atoms with Crippen molar-refractivity contribution in [3.8, 4) is 0 Å². The molecule has 0 aliphatic heterocycles. The fourth-order valence-electron chi connectivity index (χ4n) is 2.11. The molecule has 0 bridgehead atoms. The van der Waals surface area contributed by atoms with Gasteiger partial charge in [0.1, 0.15) is 0 Å². The zero-order chi connectivity index (χ0) is 13.4. The molecule has 0 fully saturated rings. The van der Waals surface area contributed by atoms with E-state index >= 15 is 0 Å². The van der Waals surface area contributed by atoms with Crippen LogP contribution in [-0.2, 0) is 0 Å². The topological polar surface area (TPSA) is 29.3 Å². The summed E-state index contributed by atoms with van der Waals surface area (Å²) < 4.78 is 0. The first-order chi connectivity index (χ1) is 8.69. The summed E-state index contributed by atoms with van der Waals surface area (Å²) >= 11 is 0. The van der Waals surface area contributed by atoms with Crippen LogP contribution in [0, 0.1) is 5.92 Å². The van der Waals surface area contributed by atoms with E-state index in [2.05, 4.69) is 37.1 Å². The van der Waals surface area contributed by atoms with Crippen LogP contribution in [-0.4, -0.2) is 24.5 Å². The summed E-state index contributed by atoms with van der Waals surface area (Å²) in [4.78, 5) is 2.30. The van der Waals surface area contributed by atoms with E-state index in [1.54, 1.807) is 0 Å². The average molecular weight is 244 g/mol. The second-order valence-electron chi connectivity index (χ2n) is 4.71. The van der Waals surface area contributed by atoms with Crippen LogP contribution in [0.1, 0.15) is 18.5 Å². The molecule has 0 spiro atoms. The molecule has 0 amide bonds. The molecular formula is C16H24N2. The Labute approximate surface area is 111 Å². The van der Waals surface area contributed by atoms with Gasteiger partial charge in [0.05, 0.1) is 0 Å². The van der Waals surface area contributed by atoms with Crippen LogP contribution in [0.5, 0.6) is 0 Å². The molecule has 0 saturated heterocycles. The van der Waals surface area contributed by atoms with E-state index in [1.807, 2.05) is 30.4 Å². The first kappa shape index (κ1) is 14.7. The van der Waals surface area contributed by atoms with Gasteiger partial charge in [0, 0.05) is 25.7 Å². The lowest BCUT2D eigenvalue weighted by atomic mass is 9.95. The minimum Gasteiger partial charge on any atom is -0.324 e. The third-order valence-electron chi connectivity index (χ3n) is 3.12. The van der Waals surface area contributed by atoms with Crippen LogP contribution in [0.2, 0.25) is 0 Å². The summed E-state index contributed by atoms with van der Waals surface area (Å²) in [5.74, 6) is 0.396. The Kier molecular flexibility index (Phi) is 6.40. The van der Waals surface area contributed by atoms with Crippen LogP contribution in [0.15, 0.2) is 55.6 Å². The Balaban J connectivity index is 2.60. The molecular weight excluding hydrogens is 220 g/mol. The van der Waals surface area contributed by atoms with Crippen LogP contribution in [0.4, 0.5) is 0 Å². The molecule has 2 nitrogen and oxygen atoms in total. The summed E-state index contributed by atoms with van der Waals surface area (Å²) in [7, 11) is 0. The predicted octanol–water partition coefficient (Wildman–Crippen LogP) is 3.00. The minimum atomic E-state index is 0.0725. The fraction of sp³-hybridized carbons (Fsp3) is 0.375. The molecule has 0 heterocycles. The van der Waals surface area contributed by atoms with Crippen LogP contribution >= 0.6 is 0 Å². The Morgan fingerprint density at radius 2 is 1.72 bits per heavy atom. The van der Waals surface area contributed by atoms with Gasteiger partial charge >= 0.3 is 0 Å². The molecule has 1 rings (SSSR count). The van der Waals surface area contributed by atoms with Crippen LogP contribution < -0.4 is 5.73 Å². The van der Waals surface area contributed by atoms with Crippen molar-refractivity contribution in [3.05, 3.63) is 61.2 Å². The highest BCUT2D eigenvalue weighted by atomic mass is 15.1. The van der Waals surface area contributed by atoms with Gasteiger partial charge in [-0.05, 0) is 11.5 Å². The van der Waals surface area contributed by atoms with Gasteiger partial charge < -0.3 is 5.73 Å². The highest BCUT2D eigenvalue weighted by Crippen LogP contribution is 2.19. The van der Waals surface area contributed by atoms with E-state index in [1.165, 1.54) is 5.56 Å². The summed E-state index contributed by atoms with van der Waals surface area (Å²) in [6, 6.07) is 10.3. The number of hydrogen-bond acceptors (Lipinski definition) is 2. The zero-order valence-electron chi connectivity index (χ0n) is 11.3. The highest BCUT2D eigenvalue weighted by Gasteiger charge is 2.16. The van der Waals surface area contributed by atoms with E-state index in [9.17, 15) is 0 Å². The van der Waals surface area contributed by atoms with Crippen molar-refractivity contribution < 1.29 is 0 Å². The SMILES string of the molecule is C=CCN(CC=C)CC(C)C(N)c1ccccc1. The van der Waals surface area contributed by atoms with Crippen molar-refractivity contribution in [1.82, 2.24) is 4.90 Å². The average Bonchev–Trinajstić information content (AvgIpc) is 2.39. The number of benzene rings is 1. The van der Waals surface area contributed by atoms with Gasteiger partial charge in [-0.25, -0.2) is 0 Å². The molecule has 0 radical (unpaired) electrons. The predicted molar refractivity (Wildman–Crippen MR) is 79.4 cm³/mol. The van der Waals surface area contributed by atoms with E-state index in [0.717, 1.165) is 19.6 Å². The molecule has 0 aliphatic carbocycles. The minimum absolute atomic E-state index is 0.0725. The molecule has 2 atom stereocenters. The third kappa shape index (κ3) is 4.47. The maximum Gasteiger partial charge on any atom is 0.0333 e. The quantitative estimate of drug-likeness (QED) is 0.712. The van der Waals surface area contributed by atoms with Crippen molar-refractivity contribution in [2.45, 2.75) is 13.0 Å². The molecule has 0 saturated carbocycles. The van der Waals surface area contributed by atoms with Gasteiger partial charge in [-0.1, -0.05) is 49.4 Å². The summed E-state index contributed by atoms with van der Waals surface area (Å²) in [6.45, 7) is 12.5. The van der Waals surface area contributed by atoms with E-state index in [-0.39, 0.29) is 6.04 Å². The molecule has 2 N–H and O–H groups in total. The summed E-state index contributed by atoms with van der Waals surface area (Å²) in [5.41, 5.74) is 7.50. The molecule has 2 heteroatoms. The molecule has 0 aliphatic rings. The first-order valence-electron chi connectivity index (χ1n) is 6.43. The number of rotatable bonds is 8. The van der Waals surface area contributed by atoms with Crippen LogP contribution in [0.3, 0.4) is 0 Å². The van der Waals surface area contributed by atoms with Crippen molar-refractivity contribution >= 4 is 0 Å². The maximum absolute atomic E-state index is 6.30. The van der Waals surface area contributed by atoms with Gasteiger partial charge in [-0.2, -0.15) is 0 Å². The number of nitrogens with zero attached hydrogens (tertiary/aromatic N) is 1. The lowest BCUT2D eigenvalue weighted by Crippen LogP contribution is -2.33. The Morgan fingerprint density at radius 3 is 2.22 bits per heavy atom. The third-order valence-corrected chi connectivity index (χ3v) is 3.12. The maximum atomic E-state index is 6.30. The Hall–Kier alpha value is -1.38. The molecule has 98 valence electrons. The lowest BCUT2D eigenvalue weighted by Gasteiger charge is -2.27. The standard InChI is InChI=1S/C16H24N2/c1-4-11-18(12-5-2)13-14(3)16(17)15-9-7-6-8-10-15/h4-10,14,16H,1-2,11-13,17H2,3H3. The lowest BCUT2D eigenvalue weighted by molar-refractivity contribution is 0.263. The number of hydrogen-bond donors (Lipinski definition) is 1. The zero-order valence-corrected chi connectivity index (χ0v) is 11.3. The van der Waals surface area contributed by atoms with Crippen LogP contribution in [0.25, 0.3) is 0 Å². The highest BCUT2D eigenvalue weighted by molar-refractivity contribution is 5.19. The number of nitrogens with two attached hydrogens (primary N) is 1. The van der Waals surface area contributed by atoms with E-state index in [4.69, 9.17) is 5.73 Å². The molecule has 1 aromatic rings. The molecule has 18 heavy (non-hydrogen) atoms. The monoisotopic (exact) mass is 244 g/mol. The van der Waals surface area contributed by atoms with Gasteiger partial charge in [-0.15, -0.1) is 13.2 Å². The van der Waals surface area contributed by atoms with Gasteiger partial charge in [-0.3, -0.25) is 4.90 Å². The molecule has 1 aromatic carbocycles. The van der Waals surface area contributed by atoms with Crippen molar-refractivity contribution in [1.29, 1.82) is 0 Å². The van der Waals surface area contributed by atoms with E-state index < -0.39 is 0 Å². The summed E-state index contributed by atoms with van der Waals surface area (Å²) in [6.07, 6.45) is 3.84. The fourth-order valence-corrected chi connectivity index (χ4v) is 2.11. The molecule has 2 unspecified atom stereocenters. The summed E-state index contributed by atoms with van der Waals surface area (Å²) in [5, 5.41) is 0. The Morgan fingerprint density at radius 1 is 1.17 bits per heavy atom. The van der Waals surface area contributed by atoms with Crippen molar-refractivity contribution in [2.24, 2.45) is 11.7 Å². The smallest absolute Gasteiger partial charge is 0.0333 e. The van der Waals surface area contributed by atoms with E-state index in [0.29, 0.717) is 5.92 Å². The second-order valence-corrected chi connectivity index (χ2v) is 4.71. The normalized spacial score (nSPS) is 14.2. The van der Waals surface area contributed by atoms with Gasteiger partial charge in [0.2, 0.25) is 0 Å². The first-order valence-corrected chi connectivity index (χ1v) is 6.43. The second kappa shape index (κ2) is 7.85.